The molecule has 7 heteroatoms. The number of aliphatic hydroxyl groups excluding tert-OH is 1. The van der Waals surface area contributed by atoms with Gasteiger partial charge in [-0.15, -0.1) is 0 Å². The smallest absolute Gasteiger partial charge is 0.276 e. The number of aliphatic hydroxyl groups is 7. The molecule has 1 unspecified atom stereocenters. The normalized spacial score (nSPS) is 29.5. The molecule has 0 aromatic carbocycles. The lowest BCUT2D eigenvalue weighted by molar-refractivity contribution is -0.467. The van der Waals surface area contributed by atoms with Gasteiger partial charge in [0.1, 0.15) is 6.10 Å². The van der Waals surface area contributed by atoms with Crippen LogP contribution in [0.3, 0.4) is 0 Å². The Hall–Kier alpha value is -0.280. The zero-order chi connectivity index (χ0) is 21.1. The number of hydrogen-bond acceptors (Lipinski definition) is 7. The van der Waals surface area contributed by atoms with Crippen molar-refractivity contribution in [2.24, 2.45) is 0 Å². The van der Waals surface area contributed by atoms with Crippen LogP contribution in [-0.2, 0) is 0 Å². The van der Waals surface area contributed by atoms with Crippen LogP contribution in [0, 0.1) is 0 Å². The fourth-order valence-corrected chi connectivity index (χ4v) is 3.91. The summed E-state index contributed by atoms with van der Waals surface area (Å²) in [6, 6.07) is 0. The molecule has 1 rings (SSSR count). The second-order valence-corrected chi connectivity index (χ2v) is 8.57. The quantitative estimate of drug-likeness (QED) is 0.305. The fourth-order valence-electron chi connectivity index (χ4n) is 3.91. The van der Waals surface area contributed by atoms with Crippen LogP contribution in [0.2, 0.25) is 0 Å². The molecule has 0 heterocycles. The largest absolute Gasteiger partial charge is 0.387 e. The van der Waals surface area contributed by atoms with Crippen LogP contribution in [0.15, 0.2) is 0 Å². The Morgan fingerprint density at radius 3 is 1.18 bits per heavy atom. The van der Waals surface area contributed by atoms with Crippen molar-refractivity contribution in [1.29, 1.82) is 0 Å². The van der Waals surface area contributed by atoms with Crippen molar-refractivity contribution in [3.63, 3.8) is 0 Å². The van der Waals surface area contributed by atoms with Crippen molar-refractivity contribution in [1.82, 2.24) is 0 Å². The standard InChI is InChI=1S/C21H42O7/c22-18-16-14-12-10-8-6-4-2-1-3-5-7-9-11-13-15-17-19(23,24)21(27,28)20(18,25)26/h18,22-28H,1-17H2. The van der Waals surface area contributed by atoms with Crippen LogP contribution in [0.1, 0.15) is 109 Å². The van der Waals surface area contributed by atoms with E-state index in [1.54, 1.807) is 0 Å². The van der Waals surface area contributed by atoms with Gasteiger partial charge in [-0.25, -0.2) is 0 Å². The van der Waals surface area contributed by atoms with Crippen LogP contribution in [-0.4, -0.2) is 59.2 Å². The van der Waals surface area contributed by atoms with E-state index in [4.69, 9.17) is 0 Å². The van der Waals surface area contributed by atoms with Crippen molar-refractivity contribution < 1.29 is 35.7 Å². The molecular formula is C21H42O7. The molecule has 7 nitrogen and oxygen atoms in total. The van der Waals surface area contributed by atoms with Gasteiger partial charge in [0.15, 0.2) is 0 Å². The maximum Gasteiger partial charge on any atom is 0.276 e. The SMILES string of the molecule is OC1CCCCCCCCCCCCCCCCCC(O)(O)C(O)(O)C1(O)O. The van der Waals surface area contributed by atoms with E-state index in [1.807, 2.05) is 0 Å². The van der Waals surface area contributed by atoms with E-state index in [0.717, 1.165) is 38.5 Å². The first-order valence-electron chi connectivity index (χ1n) is 11.2. The third kappa shape index (κ3) is 7.86. The molecule has 1 saturated carbocycles. The summed E-state index contributed by atoms with van der Waals surface area (Å²) in [4.78, 5) is 0. The van der Waals surface area contributed by atoms with E-state index in [9.17, 15) is 35.7 Å². The van der Waals surface area contributed by atoms with Crippen molar-refractivity contribution in [3.05, 3.63) is 0 Å². The summed E-state index contributed by atoms with van der Waals surface area (Å²) >= 11 is 0. The minimum absolute atomic E-state index is 0.0774. The lowest BCUT2D eigenvalue weighted by atomic mass is 9.86. The van der Waals surface area contributed by atoms with Gasteiger partial charge < -0.3 is 35.7 Å². The highest BCUT2D eigenvalue weighted by molar-refractivity contribution is 4.97. The molecule has 0 aromatic rings. The molecule has 0 aliphatic heterocycles. The highest BCUT2D eigenvalue weighted by Gasteiger charge is 2.63. The van der Waals surface area contributed by atoms with Gasteiger partial charge in [0, 0.05) is 6.42 Å². The van der Waals surface area contributed by atoms with Crippen molar-refractivity contribution in [3.8, 4) is 0 Å². The molecular weight excluding hydrogens is 364 g/mol. The molecule has 1 fully saturated rings. The van der Waals surface area contributed by atoms with Crippen LogP contribution in [0.4, 0.5) is 0 Å². The molecule has 1 aliphatic rings. The van der Waals surface area contributed by atoms with Gasteiger partial charge in [-0.1, -0.05) is 89.9 Å². The van der Waals surface area contributed by atoms with E-state index < -0.39 is 29.9 Å². The molecule has 1 atom stereocenters. The van der Waals surface area contributed by atoms with E-state index in [-0.39, 0.29) is 6.42 Å². The Labute approximate surface area is 169 Å². The Morgan fingerprint density at radius 1 is 0.464 bits per heavy atom. The topological polar surface area (TPSA) is 142 Å². The van der Waals surface area contributed by atoms with Gasteiger partial charge in [-0.05, 0) is 12.8 Å². The van der Waals surface area contributed by atoms with E-state index in [1.165, 1.54) is 38.5 Å². The van der Waals surface area contributed by atoms with E-state index in [0.29, 0.717) is 19.3 Å². The lowest BCUT2D eigenvalue weighted by Crippen LogP contribution is -2.72. The third-order valence-electron chi connectivity index (χ3n) is 6.04. The minimum atomic E-state index is -3.67. The molecule has 28 heavy (non-hydrogen) atoms. The first-order chi connectivity index (χ1) is 13.1. The molecule has 0 amide bonds. The Kier molecular flexibility index (Phi) is 11.4. The summed E-state index contributed by atoms with van der Waals surface area (Å²) in [5, 5.41) is 70.5. The maximum absolute atomic E-state index is 10.1. The summed E-state index contributed by atoms with van der Waals surface area (Å²) in [5.41, 5.74) is 0. The Morgan fingerprint density at radius 2 is 0.786 bits per heavy atom. The van der Waals surface area contributed by atoms with Gasteiger partial charge in [0.25, 0.3) is 11.6 Å². The predicted molar refractivity (Wildman–Crippen MR) is 106 cm³/mol. The highest BCUT2D eigenvalue weighted by Crippen LogP contribution is 2.35. The van der Waals surface area contributed by atoms with Crippen LogP contribution in [0.5, 0.6) is 0 Å². The Balaban J connectivity index is 2.66. The number of hydrogen-bond donors (Lipinski definition) is 7. The molecule has 0 saturated heterocycles. The minimum Gasteiger partial charge on any atom is -0.387 e. The first-order valence-corrected chi connectivity index (χ1v) is 11.2. The average molecular weight is 407 g/mol. The second-order valence-electron chi connectivity index (χ2n) is 8.57. The monoisotopic (exact) mass is 406 g/mol. The van der Waals surface area contributed by atoms with Gasteiger partial charge in [-0.2, -0.15) is 0 Å². The zero-order valence-corrected chi connectivity index (χ0v) is 17.2. The molecule has 168 valence electrons. The van der Waals surface area contributed by atoms with Crippen molar-refractivity contribution in [2.45, 2.75) is 133 Å². The van der Waals surface area contributed by atoms with Crippen molar-refractivity contribution >= 4 is 0 Å². The molecule has 0 radical (unpaired) electrons. The van der Waals surface area contributed by atoms with E-state index in [2.05, 4.69) is 0 Å². The van der Waals surface area contributed by atoms with Gasteiger partial charge in [-0.3, -0.25) is 0 Å². The number of rotatable bonds is 0. The predicted octanol–water partition coefficient (Wildman–Crippen LogP) is 2.04. The van der Waals surface area contributed by atoms with Crippen LogP contribution >= 0.6 is 0 Å². The first kappa shape index (κ1) is 25.8. The molecule has 0 bridgehead atoms. The summed E-state index contributed by atoms with van der Waals surface area (Å²) < 4.78 is 0. The Bertz CT molecular complexity index is 410. The average Bonchev–Trinajstić information content (AvgIpc) is 2.62. The molecule has 0 spiro atoms. The van der Waals surface area contributed by atoms with Gasteiger partial charge in [0.05, 0.1) is 0 Å². The molecule has 7 N–H and O–H groups in total. The third-order valence-corrected chi connectivity index (χ3v) is 6.04. The summed E-state index contributed by atoms with van der Waals surface area (Å²) in [6.07, 6.45) is 12.3. The zero-order valence-electron chi connectivity index (χ0n) is 17.2. The highest BCUT2D eigenvalue weighted by atomic mass is 16.7. The van der Waals surface area contributed by atoms with E-state index >= 15 is 0 Å². The van der Waals surface area contributed by atoms with Gasteiger partial charge >= 0.3 is 0 Å². The van der Waals surface area contributed by atoms with Crippen molar-refractivity contribution in [2.75, 3.05) is 0 Å². The maximum atomic E-state index is 10.1. The van der Waals surface area contributed by atoms with Crippen LogP contribution < -0.4 is 0 Å². The molecule has 1 aliphatic carbocycles. The summed E-state index contributed by atoms with van der Waals surface area (Å²) in [6.45, 7) is 0. The second kappa shape index (κ2) is 12.4. The summed E-state index contributed by atoms with van der Waals surface area (Å²) in [5.74, 6) is -10.3. The summed E-state index contributed by atoms with van der Waals surface area (Å²) in [7, 11) is 0. The fraction of sp³-hybridized carbons (Fsp3) is 1.00. The van der Waals surface area contributed by atoms with Crippen LogP contribution in [0.25, 0.3) is 0 Å². The molecule has 0 aromatic heterocycles. The van der Waals surface area contributed by atoms with Gasteiger partial charge in [0.2, 0.25) is 5.79 Å². The lowest BCUT2D eigenvalue weighted by Gasteiger charge is -2.44.